The maximum Gasteiger partial charge on any atom is 0.0236 e. The summed E-state index contributed by atoms with van der Waals surface area (Å²) in [6.45, 7) is 4.66. The third-order valence-electron chi connectivity index (χ3n) is 4.51. The van der Waals surface area contributed by atoms with Gasteiger partial charge in [-0.3, -0.25) is 4.90 Å². The van der Waals surface area contributed by atoms with Gasteiger partial charge in [0, 0.05) is 12.6 Å². The van der Waals surface area contributed by atoms with E-state index >= 15 is 0 Å². The normalized spacial score (nSPS) is 23.6. The Hall–Kier alpha value is -1.60. The van der Waals surface area contributed by atoms with Crippen LogP contribution < -0.4 is 0 Å². The summed E-state index contributed by atoms with van der Waals surface area (Å²) >= 11 is 0. The van der Waals surface area contributed by atoms with E-state index in [1.807, 2.05) is 0 Å². The van der Waals surface area contributed by atoms with Crippen LogP contribution in [0.1, 0.15) is 36.8 Å². The van der Waals surface area contributed by atoms with Crippen LogP contribution in [0.2, 0.25) is 0 Å². The molecule has 104 valence electrons. The van der Waals surface area contributed by atoms with E-state index in [1.165, 1.54) is 30.5 Å². The Kier molecular flexibility index (Phi) is 4.17. The van der Waals surface area contributed by atoms with Gasteiger partial charge in [0.05, 0.1) is 0 Å². The van der Waals surface area contributed by atoms with Crippen molar-refractivity contribution in [3.05, 3.63) is 71.8 Å². The first-order valence-electron chi connectivity index (χ1n) is 7.66. The van der Waals surface area contributed by atoms with E-state index in [4.69, 9.17) is 0 Å². The number of likely N-dealkylation sites (tertiary alicyclic amines) is 1. The lowest BCUT2D eigenvalue weighted by Crippen LogP contribution is -2.39. The molecule has 0 aromatic heterocycles. The second-order valence-corrected chi connectivity index (χ2v) is 5.94. The zero-order valence-electron chi connectivity index (χ0n) is 12.2. The highest BCUT2D eigenvalue weighted by molar-refractivity contribution is 5.21. The van der Waals surface area contributed by atoms with Gasteiger partial charge in [0.15, 0.2) is 0 Å². The van der Waals surface area contributed by atoms with Crippen molar-refractivity contribution in [2.45, 2.75) is 38.3 Å². The highest BCUT2D eigenvalue weighted by Crippen LogP contribution is 2.31. The van der Waals surface area contributed by atoms with E-state index in [-0.39, 0.29) is 0 Å². The lowest BCUT2D eigenvalue weighted by Gasteiger charge is -2.38. The minimum atomic E-state index is 0.661. The summed E-state index contributed by atoms with van der Waals surface area (Å²) in [6.07, 6.45) is 2.55. The molecule has 20 heavy (non-hydrogen) atoms. The maximum atomic E-state index is 2.62. The topological polar surface area (TPSA) is 3.24 Å². The molecule has 1 heterocycles. The van der Waals surface area contributed by atoms with E-state index in [2.05, 4.69) is 72.5 Å². The third kappa shape index (κ3) is 3.10. The van der Waals surface area contributed by atoms with Gasteiger partial charge in [-0.15, -0.1) is 0 Å². The molecule has 2 aromatic carbocycles. The molecule has 2 aromatic rings. The maximum absolute atomic E-state index is 2.62. The van der Waals surface area contributed by atoms with Crippen molar-refractivity contribution in [2.75, 3.05) is 6.54 Å². The molecule has 1 saturated heterocycles. The number of piperidine rings is 1. The molecule has 0 aliphatic carbocycles. The Balaban J connectivity index is 1.63. The lowest BCUT2D eigenvalue weighted by atomic mass is 9.85. The quantitative estimate of drug-likeness (QED) is 0.792. The number of rotatable bonds is 3. The fourth-order valence-electron chi connectivity index (χ4n) is 3.30. The average molecular weight is 265 g/mol. The molecule has 0 unspecified atom stereocenters. The molecule has 0 N–H and O–H groups in total. The second-order valence-electron chi connectivity index (χ2n) is 5.94. The van der Waals surface area contributed by atoms with Crippen molar-refractivity contribution in [1.29, 1.82) is 0 Å². The summed E-state index contributed by atoms with van der Waals surface area (Å²) in [5.41, 5.74) is 2.94. The molecule has 1 aliphatic rings. The SMILES string of the molecule is C[C@H]1C[C@@H](c2ccccc2)CCN1Cc1ccccc1. The van der Waals surface area contributed by atoms with Gasteiger partial charge in [-0.1, -0.05) is 60.7 Å². The lowest BCUT2D eigenvalue weighted by molar-refractivity contribution is 0.139. The highest BCUT2D eigenvalue weighted by Gasteiger charge is 2.26. The largest absolute Gasteiger partial charge is 0.296 e. The van der Waals surface area contributed by atoms with Crippen LogP contribution in [0.4, 0.5) is 0 Å². The summed E-state index contributed by atoms with van der Waals surface area (Å²) in [7, 11) is 0. The second kappa shape index (κ2) is 6.23. The first-order chi connectivity index (χ1) is 9.83. The molecule has 1 fully saturated rings. The van der Waals surface area contributed by atoms with Crippen LogP contribution in [0.15, 0.2) is 60.7 Å². The number of benzene rings is 2. The molecule has 0 saturated carbocycles. The molecular weight excluding hydrogens is 242 g/mol. The smallest absolute Gasteiger partial charge is 0.0236 e. The molecule has 1 heteroatoms. The van der Waals surface area contributed by atoms with Crippen molar-refractivity contribution < 1.29 is 0 Å². The molecule has 2 atom stereocenters. The van der Waals surface area contributed by atoms with E-state index < -0.39 is 0 Å². The zero-order valence-corrected chi connectivity index (χ0v) is 12.2. The van der Waals surface area contributed by atoms with Gasteiger partial charge in [-0.2, -0.15) is 0 Å². The van der Waals surface area contributed by atoms with Crippen molar-refractivity contribution in [2.24, 2.45) is 0 Å². The summed E-state index contributed by atoms with van der Waals surface area (Å²) in [6, 6.07) is 22.5. The van der Waals surface area contributed by atoms with Gasteiger partial charge < -0.3 is 0 Å². The number of nitrogens with zero attached hydrogens (tertiary/aromatic N) is 1. The van der Waals surface area contributed by atoms with Crippen LogP contribution in [-0.2, 0) is 6.54 Å². The molecule has 0 radical (unpaired) electrons. The average Bonchev–Trinajstić information content (AvgIpc) is 2.51. The summed E-state index contributed by atoms with van der Waals surface area (Å²) in [5, 5.41) is 0. The van der Waals surface area contributed by atoms with Gasteiger partial charge in [0.1, 0.15) is 0 Å². The minimum Gasteiger partial charge on any atom is -0.296 e. The van der Waals surface area contributed by atoms with Gasteiger partial charge in [-0.25, -0.2) is 0 Å². The van der Waals surface area contributed by atoms with Crippen LogP contribution in [0.5, 0.6) is 0 Å². The van der Waals surface area contributed by atoms with Gasteiger partial charge in [0.25, 0.3) is 0 Å². The highest BCUT2D eigenvalue weighted by atomic mass is 15.2. The molecule has 1 aliphatic heterocycles. The fraction of sp³-hybridized carbons (Fsp3) is 0.368. The van der Waals surface area contributed by atoms with Crippen LogP contribution in [0, 0.1) is 0 Å². The van der Waals surface area contributed by atoms with Crippen LogP contribution in [0.3, 0.4) is 0 Å². The molecular formula is C19H23N. The molecule has 0 spiro atoms. The monoisotopic (exact) mass is 265 g/mol. The van der Waals surface area contributed by atoms with E-state index in [0.29, 0.717) is 6.04 Å². The minimum absolute atomic E-state index is 0.661. The van der Waals surface area contributed by atoms with Crippen molar-refractivity contribution in [3.8, 4) is 0 Å². The van der Waals surface area contributed by atoms with Crippen molar-refractivity contribution in [1.82, 2.24) is 4.90 Å². The summed E-state index contributed by atoms with van der Waals surface area (Å²) in [5.74, 6) is 0.734. The van der Waals surface area contributed by atoms with Crippen molar-refractivity contribution >= 4 is 0 Å². The molecule has 1 nitrogen and oxygen atoms in total. The van der Waals surface area contributed by atoms with Gasteiger partial charge >= 0.3 is 0 Å². The number of hydrogen-bond acceptors (Lipinski definition) is 1. The predicted octanol–water partition coefficient (Wildman–Crippen LogP) is 4.45. The molecule has 3 rings (SSSR count). The van der Waals surface area contributed by atoms with E-state index in [9.17, 15) is 0 Å². The van der Waals surface area contributed by atoms with Gasteiger partial charge in [-0.05, 0) is 43.4 Å². The third-order valence-corrected chi connectivity index (χ3v) is 4.51. The Labute approximate surface area is 122 Å². The van der Waals surface area contributed by atoms with Crippen LogP contribution >= 0.6 is 0 Å². The Morgan fingerprint density at radius 1 is 0.950 bits per heavy atom. The van der Waals surface area contributed by atoms with E-state index in [0.717, 1.165) is 12.5 Å². The Morgan fingerprint density at radius 3 is 2.25 bits per heavy atom. The summed E-state index contributed by atoms with van der Waals surface area (Å²) < 4.78 is 0. The van der Waals surface area contributed by atoms with Crippen LogP contribution in [0.25, 0.3) is 0 Å². The van der Waals surface area contributed by atoms with Crippen molar-refractivity contribution in [3.63, 3.8) is 0 Å². The summed E-state index contributed by atoms with van der Waals surface area (Å²) in [4.78, 5) is 2.62. The van der Waals surface area contributed by atoms with E-state index in [1.54, 1.807) is 0 Å². The standard InChI is InChI=1S/C19H23N/c1-16-14-19(18-10-6-3-7-11-18)12-13-20(16)15-17-8-4-2-5-9-17/h2-11,16,19H,12-15H2,1H3/t16-,19-/m0/s1. The van der Waals surface area contributed by atoms with Crippen LogP contribution in [-0.4, -0.2) is 17.5 Å². The Morgan fingerprint density at radius 2 is 1.60 bits per heavy atom. The predicted molar refractivity (Wildman–Crippen MR) is 84.7 cm³/mol. The first-order valence-corrected chi connectivity index (χ1v) is 7.66. The zero-order chi connectivity index (χ0) is 13.8. The fourth-order valence-corrected chi connectivity index (χ4v) is 3.30. The molecule has 0 bridgehead atoms. The number of hydrogen-bond donors (Lipinski definition) is 0. The first kappa shape index (κ1) is 13.4. The Bertz CT molecular complexity index is 520. The molecule has 0 amide bonds. The van der Waals surface area contributed by atoms with Gasteiger partial charge in [0.2, 0.25) is 0 Å².